The van der Waals surface area contributed by atoms with Gasteiger partial charge in [0.2, 0.25) is 0 Å². The van der Waals surface area contributed by atoms with Crippen LogP contribution in [0.2, 0.25) is 0 Å². The second-order valence-electron chi connectivity index (χ2n) is 9.34. The number of hydrogen-bond acceptors (Lipinski definition) is 4. The molecule has 0 aliphatic heterocycles. The van der Waals surface area contributed by atoms with Gasteiger partial charge in [-0.25, -0.2) is 4.79 Å². The summed E-state index contributed by atoms with van der Waals surface area (Å²) in [5.74, 6) is 0.576. The molecule has 1 atom stereocenters. The van der Waals surface area contributed by atoms with Crippen LogP contribution in [-0.2, 0) is 0 Å². The molecule has 5 heteroatoms. The lowest BCUT2D eigenvalue weighted by atomic mass is 9.89. The number of nitrogens with zero attached hydrogens (tertiary/aromatic N) is 3. The highest BCUT2D eigenvalue weighted by Gasteiger charge is 2.12. The number of fused-ring (bicyclic) bond motifs is 1. The van der Waals surface area contributed by atoms with Crippen LogP contribution >= 0.6 is 0 Å². The van der Waals surface area contributed by atoms with Gasteiger partial charge in [-0.2, -0.15) is 0 Å². The van der Waals surface area contributed by atoms with E-state index >= 15 is 0 Å². The van der Waals surface area contributed by atoms with Crippen molar-refractivity contribution in [3.8, 4) is 11.1 Å². The highest BCUT2D eigenvalue weighted by molar-refractivity contribution is 5.83. The van der Waals surface area contributed by atoms with Crippen LogP contribution in [0, 0.1) is 0 Å². The highest BCUT2D eigenvalue weighted by Crippen LogP contribution is 2.29. The van der Waals surface area contributed by atoms with Crippen LogP contribution in [0.25, 0.3) is 22.1 Å². The molecule has 0 radical (unpaired) electrons. The molecule has 0 bridgehead atoms. The van der Waals surface area contributed by atoms with Gasteiger partial charge in [-0.3, -0.25) is 5.01 Å². The van der Waals surface area contributed by atoms with Crippen molar-refractivity contribution in [1.82, 2.24) is 5.01 Å². The van der Waals surface area contributed by atoms with Crippen molar-refractivity contribution in [3.63, 3.8) is 0 Å². The molecule has 0 spiro atoms. The Morgan fingerprint density at radius 3 is 2.26 bits per heavy atom. The number of benzene rings is 2. The van der Waals surface area contributed by atoms with Gasteiger partial charge in [-0.05, 0) is 48.1 Å². The summed E-state index contributed by atoms with van der Waals surface area (Å²) < 4.78 is 5.62. The molecule has 1 unspecified atom stereocenters. The van der Waals surface area contributed by atoms with E-state index in [-0.39, 0.29) is 5.63 Å². The van der Waals surface area contributed by atoms with Gasteiger partial charge in [0.15, 0.2) is 0 Å². The van der Waals surface area contributed by atoms with Crippen LogP contribution in [0.15, 0.2) is 68.1 Å². The van der Waals surface area contributed by atoms with Crippen molar-refractivity contribution in [1.29, 1.82) is 0 Å². The van der Waals surface area contributed by atoms with E-state index in [1.807, 2.05) is 18.2 Å². The van der Waals surface area contributed by atoms with E-state index in [2.05, 4.69) is 48.5 Å². The van der Waals surface area contributed by atoms with E-state index in [0.717, 1.165) is 17.4 Å². The second-order valence-corrected chi connectivity index (χ2v) is 9.34. The monoisotopic (exact) mass is 461 g/mol. The van der Waals surface area contributed by atoms with Crippen LogP contribution in [0.4, 0.5) is 5.69 Å². The van der Waals surface area contributed by atoms with Crippen LogP contribution < -0.4 is 5.63 Å². The van der Waals surface area contributed by atoms with Crippen LogP contribution in [0.1, 0.15) is 83.1 Å². The minimum absolute atomic E-state index is 0.336. The molecule has 34 heavy (non-hydrogen) atoms. The van der Waals surface area contributed by atoms with E-state index in [1.165, 1.54) is 56.9 Å². The first-order chi connectivity index (χ1) is 16.5. The molecule has 0 aliphatic rings. The Morgan fingerprint density at radius 2 is 1.59 bits per heavy atom. The molecule has 2 aromatic carbocycles. The Kier molecular flexibility index (Phi) is 9.87. The van der Waals surface area contributed by atoms with Gasteiger partial charge in [-0.15, -0.1) is 5.11 Å². The summed E-state index contributed by atoms with van der Waals surface area (Å²) in [7, 11) is 3.61. The normalized spacial score (nSPS) is 12.5. The molecular weight excluding hydrogens is 422 g/mol. The van der Waals surface area contributed by atoms with Crippen LogP contribution in [0.3, 0.4) is 0 Å². The lowest BCUT2D eigenvalue weighted by molar-refractivity contribution is 0.408. The molecule has 1 heterocycles. The predicted molar refractivity (Wildman–Crippen MR) is 142 cm³/mol. The maximum atomic E-state index is 12.7. The average molecular weight is 462 g/mol. The van der Waals surface area contributed by atoms with Crippen LogP contribution in [0.5, 0.6) is 0 Å². The molecule has 0 fully saturated rings. The molecular formula is C29H39N3O2. The van der Waals surface area contributed by atoms with Crippen molar-refractivity contribution in [2.24, 2.45) is 10.3 Å². The van der Waals surface area contributed by atoms with Gasteiger partial charge in [0.1, 0.15) is 5.58 Å². The Hall–Kier alpha value is -2.95. The number of unbranched alkanes of at least 4 members (excludes halogenated alkanes) is 6. The van der Waals surface area contributed by atoms with E-state index in [1.54, 1.807) is 25.2 Å². The Balaban J connectivity index is 1.68. The summed E-state index contributed by atoms with van der Waals surface area (Å²) in [5.41, 5.74) is 3.66. The summed E-state index contributed by atoms with van der Waals surface area (Å²) in [6, 6.07) is 15.9. The SMILES string of the molecule is CCCCCCCCCC(CC)c1ccc(-c2cc3ccc(N=NN(C)C)cc3oc2=O)cc1. The number of rotatable bonds is 13. The summed E-state index contributed by atoms with van der Waals surface area (Å²) in [4.78, 5) is 12.7. The minimum atomic E-state index is -0.336. The van der Waals surface area contributed by atoms with E-state index in [9.17, 15) is 4.79 Å². The third kappa shape index (κ3) is 7.28. The fourth-order valence-electron chi connectivity index (χ4n) is 4.39. The Labute approximate surface area is 203 Å². The fourth-order valence-corrected chi connectivity index (χ4v) is 4.39. The van der Waals surface area contributed by atoms with Crippen molar-refractivity contribution >= 4 is 16.7 Å². The summed E-state index contributed by atoms with van der Waals surface area (Å²) >= 11 is 0. The molecule has 5 nitrogen and oxygen atoms in total. The van der Waals surface area contributed by atoms with Crippen LogP contribution in [-0.4, -0.2) is 19.1 Å². The fraction of sp³-hybridized carbons (Fsp3) is 0.483. The summed E-state index contributed by atoms with van der Waals surface area (Å²) in [6.45, 7) is 4.53. The quantitative estimate of drug-likeness (QED) is 0.111. The third-order valence-electron chi connectivity index (χ3n) is 6.40. The zero-order valence-electron chi connectivity index (χ0n) is 21.2. The van der Waals surface area contributed by atoms with Gasteiger partial charge in [0, 0.05) is 25.5 Å². The third-order valence-corrected chi connectivity index (χ3v) is 6.40. The lowest BCUT2D eigenvalue weighted by Gasteiger charge is -2.16. The predicted octanol–water partition coefficient (Wildman–Crippen LogP) is 8.65. The Bertz CT molecular complexity index is 1120. The maximum Gasteiger partial charge on any atom is 0.344 e. The minimum Gasteiger partial charge on any atom is -0.422 e. The van der Waals surface area contributed by atoms with Gasteiger partial charge >= 0.3 is 5.63 Å². The van der Waals surface area contributed by atoms with E-state index in [4.69, 9.17) is 4.42 Å². The first-order valence-electron chi connectivity index (χ1n) is 12.8. The zero-order valence-corrected chi connectivity index (χ0v) is 21.2. The lowest BCUT2D eigenvalue weighted by Crippen LogP contribution is -2.03. The molecule has 0 amide bonds. The van der Waals surface area contributed by atoms with Crippen molar-refractivity contribution in [3.05, 3.63) is 64.5 Å². The molecule has 0 saturated heterocycles. The number of hydrogen-bond donors (Lipinski definition) is 0. The molecule has 0 N–H and O–H groups in total. The van der Waals surface area contributed by atoms with E-state index in [0.29, 0.717) is 22.8 Å². The highest BCUT2D eigenvalue weighted by atomic mass is 16.4. The van der Waals surface area contributed by atoms with Gasteiger partial charge in [0.05, 0.1) is 11.3 Å². The van der Waals surface area contributed by atoms with Crippen molar-refractivity contribution < 1.29 is 4.42 Å². The standard InChI is InChI=1S/C29H39N3O2/c1-5-7-8-9-10-11-12-13-22(6-2)23-14-16-24(17-15-23)27-20-25-18-19-26(30-31-32(3)4)21-28(25)34-29(27)33/h14-22H,5-13H2,1-4H3. The van der Waals surface area contributed by atoms with Gasteiger partial charge in [0.25, 0.3) is 0 Å². The van der Waals surface area contributed by atoms with Gasteiger partial charge < -0.3 is 4.42 Å². The van der Waals surface area contributed by atoms with Crippen molar-refractivity contribution in [2.45, 2.75) is 77.6 Å². The molecule has 1 aromatic heterocycles. The summed E-state index contributed by atoms with van der Waals surface area (Å²) in [6.07, 6.45) is 11.8. The maximum absolute atomic E-state index is 12.7. The molecule has 3 rings (SSSR count). The average Bonchev–Trinajstić information content (AvgIpc) is 2.84. The van der Waals surface area contributed by atoms with E-state index < -0.39 is 0 Å². The zero-order chi connectivity index (χ0) is 24.3. The largest absolute Gasteiger partial charge is 0.422 e. The molecule has 3 aromatic rings. The molecule has 0 saturated carbocycles. The topological polar surface area (TPSA) is 58.2 Å². The molecule has 0 aliphatic carbocycles. The first kappa shape index (κ1) is 25.7. The first-order valence-corrected chi connectivity index (χ1v) is 12.8. The van der Waals surface area contributed by atoms with Gasteiger partial charge in [-0.1, -0.05) is 88.3 Å². The summed E-state index contributed by atoms with van der Waals surface area (Å²) in [5, 5.41) is 10.6. The Morgan fingerprint density at radius 1 is 0.882 bits per heavy atom. The van der Waals surface area contributed by atoms with Crippen molar-refractivity contribution in [2.75, 3.05) is 14.1 Å². The molecule has 182 valence electrons. The smallest absolute Gasteiger partial charge is 0.344 e. The second kappa shape index (κ2) is 13.1.